The number of halogens is 1. The lowest BCUT2D eigenvalue weighted by Gasteiger charge is -2.20. The molecule has 2 nitrogen and oxygen atoms in total. The third-order valence-corrected chi connectivity index (χ3v) is 4.31. The Labute approximate surface area is 117 Å². The second kappa shape index (κ2) is 6.37. The van der Waals surface area contributed by atoms with Gasteiger partial charge in [-0.05, 0) is 42.9 Å². The summed E-state index contributed by atoms with van der Waals surface area (Å²) >= 11 is 3.42. The first kappa shape index (κ1) is 13.6. The Morgan fingerprint density at radius 3 is 2.67 bits per heavy atom. The number of amides is 1. The zero-order chi connectivity index (χ0) is 13.0. The predicted octanol–water partition coefficient (Wildman–Crippen LogP) is 3.84. The number of rotatable bonds is 2. The highest BCUT2D eigenvalue weighted by Crippen LogP contribution is 2.18. The zero-order valence-corrected chi connectivity index (χ0v) is 12.4. The lowest BCUT2D eigenvalue weighted by molar-refractivity contribution is 0.0760. The highest BCUT2D eigenvalue weighted by atomic mass is 79.9. The fraction of sp³-hybridized carbons (Fsp3) is 0.533. The topological polar surface area (TPSA) is 20.3 Å². The molecule has 0 spiro atoms. The van der Waals surface area contributed by atoms with Crippen molar-refractivity contribution in [1.82, 2.24) is 4.90 Å². The van der Waals surface area contributed by atoms with E-state index >= 15 is 0 Å². The van der Waals surface area contributed by atoms with Crippen LogP contribution in [-0.4, -0.2) is 23.9 Å². The summed E-state index contributed by atoms with van der Waals surface area (Å²) < 4.78 is 0. The molecule has 0 saturated carbocycles. The number of hydrogen-bond acceptors (Lipinski definition) is 1. The van der Waals surface area contributed by atoms with E-state index in [1.807, 2.05) is 29.2 Å². The average Bonchev–Trinajstić information content (AvgIpc) is 2.63. The molecule has 18 heavy (non-hydrogen) atoms. The maximum absolute atomic E-state index is 12.4. The van der Waals surface area contributed by atoms with Gasteiger partial charge in [0.05, 0.1) is 0 Å². The van der Waals surface area contributed by atoms with Gasteiger partial charge in [-0.25, -0.2) is 0 Å². The standard InChI is InChI=1S/C15H20BrNO/c1-12-3-2-9-17(10-8-12)15(18)14-6-4-13(11-16)5-7-14/h4-7,12H,2-3,8-11H2,1H3. The Bertz CT molecular complexity index is 401. The van der Waals surface area contributed by atoms with Gasteiger partial charge in [0.15, 0.2) is 0 Å². The summed E-state index contributed by atoms with van der Waals surface area (Å²) in [4.78, 5) is 14.4. The fourth-order valence-electron chi connectivity index (χ4n) is 2.39. The van der Waals surface area contributed by atoms with Gasteiger partial charge in [0.25, 0.3) is 5.91 Å². The SMILES string of the molecule is CC1CCCN(C(=O)c2ccc(CBr)cc2)CC1. The van der Waals surface area contributed by atoms with E-state index in [1.165, 1.54) is 12.0 Å². The lowest BCUT2D eigenvalue weighted by atomic mass is 10.0. The van der Waals surface area contributed by atoms with E-state index in [2.05, 4.69) is 22.9 Å². The maximum atomic E-state index is 12.4. The van der Waals surface area contributed by atoms with E-state index in [1.54, 1.807) is 0 Å². The van der Waals surface area contributed by atoms with Crippen molar-refractivity contribution in [2.75, 3.05) is 13.1 Å². The number of carbonyl (C=O) groups is 1. The van der Waals surface area contributed by atoms with Crippen LogP contribution in [-0.2, 0) is 5.33 Å². The summed E-state index contributed by atoms with van der Waals surface area (Å²) in [5, 5.41) is 0.836. The van der Waals surface area contributed by atoms with E-state index < -0.39 is 0 Å². The molecule has 1 heterocycles. The molecule has 1 aliphatic heterocycles. The van der Waals surface area contributed by atoms with Gasteiger partial charge in [-0.3, -0.25) is 4.79 Å². The number of hydrogen-bond donors (Lipinski definition) is 0. The van der Waals surface area contributed by atoms with Crippen LogP contribution in [0.5, 0.6) is 0 Å². The molecule has 1 amide bonds. The molecular formula is C15H20BrNO. The van der Waals surface area contributed by atoms with Gasteiger partial charge in [0, 0.05) is 24.0 Å². The van der Waals surface area contributed by atoms with Gasteiger partial charge in [-0.2, -0.15) is 0 Å². The van der Waals surface area contributed by atoms with Gasteiger partial charge >= 0.3 is 0 Å². The van der Waals surface area contributed by atoms with E-state index in [4.69, 9.17) is 0 Å². The Kier molecular flexibility index (Phi) is 4.81. The average molecular weight is 310 g/mol. The molecule has 1 saturated heterocycles. The molecule has 0 radical (unpaired) electrons. The second-order valence-corrected chi connectivity index (χ2v) is 5.72. The molecule has 1 fully saturated rings. The van der Waals surface area contributed by atoms with Crippen LogP contribution in [0, 0.1) is 5.92 Å². The van der Waals surface area contributed by atoms with Crippen LogP contribution in [0.25, 0.3) is 0 Å². The molecule has 1 aromatic carbocycles. The maximum Gasteiger partial charge on any atom is 0.253 e. The van der Waals surface area contributed by atoms with Crippen molar-refractivity contribution >= 4 is 21.8 Å². The summed E-state index contributed by atoms with van der Waals surface area (Å²) in [6, 6.07) is 7.91. The molecule has 2 rings (SSSR count). The third-order valence-electron chi connectivity index (χ3n) is 3.66. The van der Waals surface area contributed by atoms with Crippen LogP contribution in [0.1, 0.15) is 42.1 Å². The summed E-state index contributed by atoms with van der Waals surface area (Å²) in [6.07, 6.45) is 3.50. The van der Waals surface area contributed by atoms with Gasteiger partial charge in [0.1, 0.15) is 0 Å². The van der Waals surface area contributed by atoms with Gasteiger partial charge in [-0.15, -0.1) is 0 Å². The molecule has 0 aliphatic carbocycles. The summed E-state index contributed by atoms with van der Waals surface area (Å²) in [5.41, 5.74) is 2.02. The minimum absolute atomic E-state index is 0.185. The van der Waals surface area contributed by atoms with E-state index in [9.17, 15) is 4.79 Å². The first-order valence-corrected chi connectivity index (χ1v) is 7.77. The van der Waals surface area contributed by atoms with Crippen molar-refractivity contribution in [1.29, 1.82) is 0 Å². The van der Waals surface area contributed by atoms with Crippen molar-refractivity contribution in [3.05, 3.63) is 35.4 Å². The first-order valence-electron chi connectivity index (χ1n) is 6.65. The van der Waals surface area contributed by atoms with Crippen LogP contribution in [0.4, 0.5) is 0 Å². The van der Waals surface area contributed by atoms with E-state index in [-0.39, 0.29) is 5.91 Å². The number of alkyl halides is 1. The number of carbonyl (C=O) groups excluding carboxylic acids is 1. The second-order valence-electron chi connectivity index (χ2n) is 5.16. The Hall–Kier alpha value is -0.830. The van der Waals surface area contributed by atoms with Gasteiger partial charge < -0.3 is 4.90 Å². The van der Waals surface area contributed by atoms with Crippen molar-refractivity contribution in [3.8, 4) is 0 Å². The van der Waals surface area contributed by atoms with Crippen LogP contribution in [0.15, 0.2) is 24.3 Å². The number of likely N-dealkylation sites (tertiary alicyclic amines) is 1. The van der Waals surface area contributed by atoms with Crippen molar-refractivity contribution in [3.63, 3.8) is 0 Å². The lowest BCUT2D eigenvalue weighted by Crippen LogP contribution is -2.31. The quantitative estimate of drug-likeness (QED) is 0.760. The smallest absolute Gasteiger partial charge is 0.253 e. The van der Waals surface area contributed by atoms with Crippen molar-refractivity contribution in [2.24, 2.45) is 5.92 Å². The summed E-state index contributed by atoms with van der Waals surface area (Å²) in [5.74, 6) is 0.934. The highest BCUT2D eigenvalue weighted by Gasteiger charge is 2.19. The molecular weight excluding hydrogens is 290 g/mol. The van der Waals surface area contributed by atoms with Crippen LogP contribution < -0.4 is 0 Å². The largest absolute Gasteiger partial charge is 0.339 e. The van der Waals surface area contributed by atoms with E-state index in [0.29, 0.717) is 0 Å². The minimum Gasteiger partial charge on any atom is -0.339 e. The normalized spacial score (nSPS) is 20.6. The molecule has 98 valence electrons. The highest BCUT2D eigenvalue weighted by molar-refractivity contribution is 9.08. The molecule has 1 aromatic rings. The molecule has 0 aromatic heterocycles. The van der Waals surface area contributed by atoms with Crippen LogP contribution in [0.2, 0.25) is 0 Å². The number of benzene rings is 1. The van der Waals surface area contributed by atoms with Gasteiger partial charge in [0.2, 0.25) is 0 Å². The molecule has 1 unspecified atom stereocenters. The molecule has 1 atom stereocenters. The Morgan fingerprint density at radius 1 is 1.28 bits per heavy atom. The summed E-state index contributed by atoms with van der Waals surface area (Å²) in [6.45, 7) is 4.09. The molecule has 1 aliphatic rings. The Balaban J connectivity index is 2.05. The molecule has 0 N–H and O–H groups in total. The summed E-state index contributed by atoms with van der Waals surface area (Å²) in [7, 11) is 0. The monoisotopic (exact) mass is 309 g/mol. The Morgan fingerprint density at radius 2 is 2.00 bits per heavy atom. The molecule has 0 bridgehead atoms. The zero-order valence-electron chi connectivity index (χ0n) is 10.9. The van der Waals surface area contributed by atoms with E-state index in [0.717, 1.165) is 42.7 Å². The minimum atomic E-state index is 0.185. The number of nitrogens with zero attached hydrogens (tertiary/aromatic N) is 1. The molecule has 3 heteroatoms. The predicted molar refractivity (Wildman–Crippen MR) is 78.0 cm³/mol. The first-order chi connectivity index (χ1) is 8.70. The van der Waals surface area contributed by atoms with Gasteiger partial charge in [-0.1, -0.05) is 35.0 Å². The fourth-order valence-corrected chi connectivity index (χ4v) is 2.76. The van der Waals surface area contributed by atoms with Crippen LogP contribution in [0.3, 0.4) is 0 Å². The van der Waals surface area contributed by atoms with Crippen molar-refractivity contribution < 1.29 is 4.79 Å². The van der Waals surface area contributed by atoms with Crippen molar-refractivity contribution in [2.45, 2.75) is 31.5 Å². The third kappa shape index (κ3) is 3.35. The van der Waals surface area contributed by atoms with Crippen LogP contribution >= 0.6 is 15.9 Å².